The molecule has 1 heterocycles. The van der Waals surface area contributed by atoms with Crippen molar-refractivity contribution in [2.75, 3.05) is 0 Å². The van der Waals surface area contributed by atoms with Crippen LogP contribution in [0.2, 0.25) is 10.0 Å². The number of hydrogen-bond acceptors (Lipinski definition) is 3. The molecule has 0 spiro atoms. The minimum absolute atomic E-state index is 0.468. The molecule has 0 aliphatic heterocycles. The van der Waals surface area contributed by atoms with Gasteiger partial charge in [-0.3, -0.25) is 0 Å². The Morgan fingerprint density at radius 2 is 1.86 bits per heavy atom. The van der Waals surface area contributed by atoms with E-state index in [2.05, 4.69) is 16.3 Å². The zero-order valence-electron chi connectivity index (χ0n) is 10.8. The lowest BCUT2D eigenvalue weighted by Crippen LogP contribution is -2.02. The predicted molar refractivity (Wildman–Crippen MR) is 83.5 cm³/mol. The van der Waals surface area contributed by atoms with Crippen LogP contribution in [-0.2, 0) is 0 Å². The van der Waals surface area contributed by atoms with Gasteiger partial charge in [0, 0.05) is 21.0 Å². The van der Waals surface area contributed by atoms with Crippen molar-refractivity contribution >= 4 is 34.1 Å². The Morgan fingerprint density at radius 1 is 1.05 bits per heavy atom. The lowest BCUT2D eigenvalue weighted by atomic mass is 9.91. The average Bonchev–Trinajstić information content (AvgIpc) is 2.50. The second-order valence-corrected chi connectivity index (χ2v) is 5.39. The Morgan fingerprint density at radius 3 is 2.62 bits per heavy atom. The summed E-state index contributed by atoms with van der Waals surface area (Å²) in [6.07, 6.45) is 1.61. The van der Waals surface area contributed by atoms with E-state index in [1.807, 2.05) is 24.3 Å². The summed E-state index contributed by atoms with van der Waals surface area (Å²) in [6.45, 7) is 0. The SMILES string of the molecule is N#CC(c1ccc(Cl)cc1Cl)c1cnnc2ccccc12. The van der Waals surface area contributed by atoms with E-state index in [-0.39, 0.29) is 0 Å². The van der Waals surface area contributed by atoms with Crippen LogP contribution in [-0.4, -0.2) is 10.2 Å². The molecule has 3 aromatic rings. The first kappa shape index (κ1) is 13.8. The third-order valence-electron chi connectivity index (χ3n) is 3.29. The summed E-state index contributed by atoms with van der Waals surface area (Å²) >= 11 is 12.1. The van der Waals surface area contributed by atoms with Crippen LogP contribution in [0.5, 0.6) is 0 Å². The fraction of sp³-hybridized carbons (Fsp3) is 0.0625. The Balaban J connectivity index is 2.22. The molecule has 21 heavy (non-hydrogen) atoms. The van der Waals surface area contributed by atoms with Gasteiger partial charge in [0.2, 0.25) is 0 Å². The lowest BCUT2D eigenvalue weighted by molar-refractivity contribution is 0.988. The maximum atomic E-state index is 9.60. The number of nitriles is 1. The van der Waals surface area contributed by atoms with E-state index in [0.29, 0.717) is 15.6 Å². The number of nitrogens with zero attached hydrogens (tertiary/aromatic N) is 3. The Labute approximate surface area is 131 Å². The molecule has 0 saturated heterocycles. The lowest BCUT2D eigenvalue weighted by Gasteiger charge is -2.13. The summed E-state index contributed by atoms with van der Waals surface area (Å²) in [5, 5.41) is 19.6. The van der Waals surface area contributed by atoms with Gasteiger partial charge in [0.25, 0.3) is 0 Å². The van der Waals surface area contributed by atoms with Crippen molar-refractivity contribution in [3.8, 4) is 6.07 Å². The third kappa shape index (κ3) is 2.56. The normalized spacial score (nSPS) is 12.0. The standard InChI is InChI=1S/C16H9Cl2N3/c17-10-5-6-11(15(18)7-10)13(8-19)14-9-20-21-16-4-2-1-3-12(14)16/h1-7,9,13H. The Hall–Kier alpha value is -2.15. The number of benzene rings is 2. The number of rotatable bonds is 2. The van der Waals surface area contributed by atoms with Crippen LogP contribution < -0.4 is 0 Å². The van der Waals surface area contributed by atoms with Crippen molar-refractivity contribution in [3.05, 3.63) is 69.8 Å². The average molecular weight is 314 g/mol. The molecular weight excluding hydrogens is 305 g/mol. The van der Waals surface area contributed by atoms with E-state index in [0.717, 1.165) is 16.5 Å². The first-order valence-corrected chi connectivity index (χ1v) is 7.01. The summed E-state index contributed by atoms with van der Waals surface area (Å²) in [5.74, 6) is -0.518. The van der Waals surface area contributed by atoms with Crippen LogP contribution >= 0.6 is 23.2 Å². The first-order chi connectivity index (χ1) is 10.2. The second-order valence-electron chi connectivity index (χ2n) is 4.55. The predicted octanol–water partition coefficient (Wildman–Crippen LogP) is 4.59. The molecule has 0 bridgehead atoms. The molecule has 0 radical (unpaired) electrons. The fourth-order valence-corrected chi connectivity index (χ4v) is 2.82. The molecule has 0 fully saturated rings. The Kier molecular flexibility index (Phi) is 3.74. The van der Waals surface area contributed by atoms with Crippen LogP contribution in [0, 0.1) is 11.3 Å². The van der Waals surface area contributed by atoms with Gasteiger partial charge in [-0.2, -0.15) is 15.5 Å². The molecule has 2 aromatic carbocycles. The van der Waals surface area contributed by atoms with E-state index in [1.165, 1.54) is 0 Å². The van der Waals surface area contributed by atoms with Gasteiger partial charge in [0.15, 0.2) is 0 Å². The monoisotopic (exact) mass is 313 g/mol. The van der Waals surface area contributed by atoms with Crippen LogP contribution in [0.1, 0.15) is 17.0 Å². The van der Waals surface area contributed by atoms with E-state index in [4.69, 9.17) is 23.2 Å². The topological polar surface area (TPSA) is 49.6 Å². The molecule has 102 valence electrons. The molecule has 3 rings (SSSR count). The van der Waals surface area contributed by atoms with Gasteiger partial charge in [-0.1, -0.05) is 47.5 Å². The van der Waals surface area contributed by atoms with Gasteiger partial charge in [-0.15, -0.1) is 0 Å². The molecule has 0 saturated carbocycles. The van der Waals surface area contributed by atoms with Crippen molar-refractivity contribution in [3.63, 3.8) is 0 Å². The molecular formula is C16H9Cl2N3. The molecule has 1 unspecified atom stereocenters. The number of fused-ring (bicyclic) bond motifs is 1. The van der Waals surface area contributed by atoms with Gasteiger partial charge < -0.3 is 0 Å². The van der Waals surface area contributed by atoms with E-state index in [9.17, 15) is 5.26 Å². The van der Waals surface area contributed by atoms with Crippen molar-refractivity contribution in [2.24, 2.45) is 0 Å². The molecule has 5 heteroatoms. The van der Waals surface area contributed by atoms with Crippen molar-refractivity contribution < 1.29 is 0 Å². The van der Waals surface area contributed by atoms with E-state index >= 15 is 0 Å². The minimum Gasteiger partial charge on any atom is -0.197 e. The molecule has 3 nitrogen and oxygen atoms in total. The zero-order valence-corrected chi connectivity index (χ0v) is 12.3. The molecule has 1 atom stereocenters. The van der Waals surface area contributed by atoms with Crippen LogP contribution in [0.4, 0.5) is 0 Å². The summed E-state index contributed by atoms with van der Waals surface area (Å²) in [6, 6.07) is 15.0. The maximum absolute atomic E-state index is 9.60. The second kappa shape index (κ2) is 5.69. The van der Waals surface area contributed by atoms with Crippen molar-refractivity contribution in [2.45, 2.75) is 5.92 Å². The smallest absolute Gasteiger partial charge is 0.0999 e. The highest BCUT2D eigenvalue weighted by molar-refractivity contribution is 6.35. The maximum Gasteiger partial charge on any atom is 0.0999 e. The molecule has 0 aliphatic rings. The minimum atomic E-state index is -0.518. The van der Waals surface area contributed by atoms with Crippen LogP contribution in [0.3, 0.4) is 0 Å². The summed E-state index contributed by atoms with van der Waals surface area (Å²) in [7, 11) is 0. The van der Waals surface area contributed by atoms with E-state index in [1.54, 1.807) is 24.4 Å². The van der Waals surface area contributed by atoms with Gasteiger partial charge in [0.1, 0.15) is 0 Å². The van der Waals surface area contributed by atoms with Crippen LogP contribution in [0.25, 0.3) is 10.9 Å². The highest BCUT2D eigenvalue weighted by Gasteiger charge is 2.19. The Bertz CT molecular complexity index is 850. The van der Waals surface area contributed by atoms with E-state index < -0.39 is 5.92 Å². The number of aromatic nitrogens is 2. The molecule has 0 amide bonds. The van der Waals surface area contributed by atoms with Gasteiger partial charge >= 0.3 is 0 Å². The zero-order chi connectivity index (χ0) is 14.8. The van der Waals surface area contributed by atoms with Crippen LogP contribution in [0.15, 0.2) is 48.7 Å². The molecule has 0 aliphatic carbocycles. The largest absolute Gasteiger partial charge is 0.197 e. The molecule has 1 aromatic heterocycles. The summed E-state index contributed by atoms with van der Waals surface area (Å²) in [4.78, 5) is 0. The third-order valence-corrected chi connectivity index (χ3v) is 3.85. The number of hydrogen-bond donors (Lipinski definition) is 0. The highest BCUT2D eigenvalue weighted by atomic mass is 35.5. The summed E-state index contributed by atoms with van der Waals surface area (Å²) in [5.41, 5.74) is 2.24. The highest BCUT2D eigenvalue weighted by Crippen LogP contribution is 2.34. The van der Waals surface area contributed by atoms with Crippen molar-refractivity contribution in [1.29, 1.82) is 5.26 Å². The molecule has 0 N–H and O–H groups in total. The van der Waals surface area contributed by atoms with Crippen molar-refractivity contribution in [1.82, 2.24) is 10.2 Å². The summed E-state index contributed by atoms with van der Waals surface area (Å²) < 4.78 is 0. The van der Waals surface area contributed by atoms with Gasteiger partial charge in [0.05, 0.1) is 23.7 Å². The fourth-order valence-electron chi connectivity index (χ4n) is 2.30. The first-order valence-electron chi connectivity index (χ1n) is 6.25. The van der Waals surface area contributed by atoms with Gasteiger partial charge in [-0.25, -0.2) is 0 Å². The number of halogens is 2. The van der Waals surface area contributed by atoms with Gasteiger partial charge in [-0.05, 0) is 23.8 Å². The quantitative estimate of drug-likeness (QED) is 0.695.